The highest BCUT2D eigenvalue weighted by atomic mass is 14.9. The molecule has 0 bridgehead atoms. The largest absolute Gasteiger partial charge is 0.271 e. The lowest BCUT2D eigenvalue weighted by Crippen LogP contribution is -1.86. The van der Waals surface area contributed by atoms with Crippen LogP contribution in [0.3, 0.4) is 0 Å². The van der Waals surface area contributed by atoms with E-state index in [1.807, 2.05) is 6.21 Å². The van der Waals surface area contributed by atoms with Gasteiger partial charge >= 0.3 is 0 Å². The molecule has 0 aromatic heterocycles. The number of hydrogen-bond acceptors (Lipinski definition) is 2. The van der Waals surface area contributed by atoms with Crippen LogP contribution in [0.4, 0.5) is 0 Å². The Kier molecular flexibility index (Phi) is 2.43. The van der Waals surface area contributed by atoms with Crippen LogP contribution in [-0.4, -0.2) is 18.6 Å². The van der Waals surface area contributed by atoms with Crippen molar-refractivity contribution in [1.82, 2.24) is 0 Å². The number of rotatable bonds is 1. The lowest BCUT2D eigenvalue weighted by Gasteiger charge is -1.85. The molecule has 0 radical (unpaired) electrons. The monoisotopic (exact) mass is 124 g/mol. The van der Waals surface area contributed by atoms with Crippen molar-refractivity contribution in [3.63, 3.8) is 0 Å². The van der Waals surface area contributed by atoms with E-state index in [1.165, 1.54) is 6.42 Å². The molecule has 0 aromatic rings. The second-order valence-corrected chi connectivity index (χ2v) is 2.12. The maximum atomic E-state index is 4.19. The van der Waals surface area contributed by atoms with Gasteiger partial charge in [0.05, 0.1) is 0 Å². The molecule has 0 unspecified atom stereocenters. The van der Waals surface area contributed by atoms with Crippen molar-refractivity contribution < 1.29 is 0 Å². The first kappa shape index (κ1) is 6.46. The molecule has 0 saturated carbocycles. The fourth-order valence-corrected chi connectivity index (χ4v) is 0.826. The molecule has 9 heavy (non-hydrogen) atoms. The average Bonchev–Trinajstić information content (AvgIpc) is 2.34. The summed E-state index contributed by atoms with van der Waals surface area (Å²) in [6.45, 7) is 3.06. The van der Waals surface area contributed by atoms with Gasteiger partial charge in [-0.3, -0.25) is 4.99 Å². The highest BCUT2D eigenvalue weighted by Gasteiger charge is 2.01. The van der Waals surface area contributed by atoms with Crippen LogP contribution in [0, 0.1) is 0 Å². The molecule has 0 atom stereocenters. The Hall–Kier alpha value is -0.660. The van der Waals surface area contributed by atoms with E-state index in [4.69, 9.17) is 0 Å². The first-order valence-corrected chi connectivity index (χ1v) is 3.49. The Bertz CT molecular complexity index is 136. The van der Waals surface area contributed by atoms with E-state index < -0.39 is 0 Å². The maximum Gasteiger partial charge on any atom is 0.122 e. The second kappa shape index (κ2) is 3.38. The summed E-state index contributed by atoms with van der Waals surface area (Å²) >= 11 is 0. The summed E-state index contributed by atoms with van der Waals surface area (Å²) in [7, 11) is 0. The van der Waals surface area contributed by atoms with E-state index >= 15 is 0 Å². The number of aliphatic imine (C=N–C) groups is 2. The first-order valence-electron chi connectivity index (χ1n) is 3.49. The van der Waals surface area contributed by atoms with Gasteiger partial charge in [-0.1, -0.05) is 6.92 Å². The van der Waals surface area contributed by atoms with E-state index in [-0.39, 0.29) is 0 Å². The highest BCUT2D eigenvalue weighted by Crippen LogP contribution is 2.03. The summed E-state index contributed by atoms with van der Waals surface area (Å²) in [6.07, 6.45) is 5.20. The molecule has 0 aliphatic carbocycles. The molecule has 0 fully saturated rings. The first-order chi connectivity index (χ1) is 4.43. The van der Waals surface area contributed by atoms with Gasteiger partial charge in [0, 0.05) is 19.2 Å². The number of nitrogens with zero attached hydrogens (tertiary/aromatic N) is 2. The van der Waals surface area contributed by atoms with Gasteiger partial charge in [0.15, 0.2) is 0 Å². The van der Waals surface area contributed by atoms with Crippen LogP contribution in [0.2, 0.25) is 0 Å². The van der Waals surface area contributed by atoms with E-state index in [0.717, 1.165) is 25.2 Å². The minimum Gasteiger partial charge on any atom is -0.271 e. The molecule has 0 N–H and O–H groups in total. The van der Waals surface area contributed by atoms with Gasteiger partial charge in [0.1, 0.15) is 5.84 Å². The van der Waals surface area contributed by atoms with Crippen LogP contribution < -0.4 is 0 Å². The third-order valence-electron chi connectivity index (χ3n) is 1.28. The van der Waals surface area contributed by atoms with Crippen LogP contribution in [0.25, 0.3) is 0 Å². The summed E-state index contributed by atoms with van der Waals surface area (Å²) in [5.74, 6) is 1.04. The van der Waals surface area contributed by atoms with E-state index in [1.54, 1.807) is 0 Å². The quantitative estimate of drug-likeness (QED) is 0.475. The van der Waals surface area contributed by atoms with E-state index in [9.17, 15) is 0 Å². The third kappa shape index (κ3) is 1.96. The topological polar surface area (TPSA) is 24.7 Å². The normalized spacial score (nSPS) is 19.0. The Labute approximate surface area is 55.7 Å². The van der Waals surface area contributed by atoms with Gasteiger partial charge in [-0.15, -0.1) is 0 Å². The average molecular weight is 124 g/mol. The number of amidine groups is 1. The van der Waals surface area contributed by atoms with Crippen LogP contribution in [0.15, 0.2) is 9.98 Å². The van der Waals surface area contributed by atoms with E-state index in [0.29, 0.717) is 0 Å². The molecule has 0 aromatic carbocycles. The van der Waals surface area contributed by atoms with Gasteiger partial charge in [-0.2, -0.15) is 0 Å². The summed E-state index contributed by atoms with van der Waals surface area (Å²) in [5, 5.41) is 0. The van der Waals surface area contributed by atoms with Gasteiger partial charge < -0.3 is 0 Å². The fraction of sp³-hybridized carbons (Fsp3) is 0.714. The molecule has 2 heteroatoms. The van der Waals surface area contributed by atoms with Crippen molar-refractivity contribution >= 4 is 12.1 Å². The van der Waals surface area contributed by atoms with Gasteiger partial charge in [-0.25, -0.2) is 4.99 Å². The summed E-state index contributed by atoms with van der Waals surface area (Å²) in [4.78, 5) is 8.36. The smallest absolute Gasteiger partial charge is 0.122 e. The molecule has 1 aliphatic rings. The van der Waals surface area contributed by atoms with Gasteiger partial charge in [0.25, 0.3) is 0 Å². The van der Waals surface area contributed by atoms with Crippen LogP contribution in [-0.2, 0) is 0 Å². The molecule has 0 amide bonds. The molecule has 1 aliphatic heterocycles. The minimum absolute atomic E-state index is 0.983. The van der Waals surface area contributed by atoms with Crippen LogP contribution in [0.5, 0.6) is 0 Å². The fourth-order valence-electron chi connectivity index (χ4n) is 0.826. The molecule has 50 valence electrons. The van der Waals surface area contributed by atoms with Crippen LogP contribution in [0.1, 0.15) is 26.2 Å². The van der Waals surface area contributed by atoms with E-state index in [2.05, 4.69) is 16.9 Å². The molecule has 2 nitrogen and oxygen atoms in total. The summed E-state index contributed by atoms with van der Waals surface area (Å²) in [5.41, 5.74) is 0. The molecule has 1 heterocycles. The van der Waals surface area contributed by atoms with Crippen molar-refractivity contribution in [2.75, 3.05) is 6.54 Å². The SMILES string of the molecule is CCC=NC1=NCCC1. The Morgan fingerprint density at radius 2 is 2.67 bits per heavy atom. The second-order valence-electron chi connectivity index (χ2n) is 2.12. The Balaban J connectivity index is 2.34. The van der Waals surface area contributed by atoms with Crippen molar-refractivity contribution in [3.05, 3.63) is 0 Å². The van der Waals surface area contributed by atoms with Gasteiger partial charge in [0.2, 0.25) is 0 Å². The molecular formula is C7H12N2. The Morgan fingerprint density at radius 1 is 1.78 bits per heavy atom. The Morgan fingerprint density at radius 3 is 3.22 bits per heavy atom. The standard InChI is InChI=1S/C7H12N2/c1-2-5-8-7-4-3-6-9-7/h5H,2-4,6H2,1H3. The molecule has 1 rings (SSSR count). The zero-order valence-electron chi connectivity index (χ0n) is 5.80. The summed E-state index contributed by atoms with van der Waals surface area (Å²) < 4.78 is 0. The molecule has 0 spiro atoms. The van der Waals surface area contributed by atoms with Crippen molar-refractivity contribution in [1.29, 1.82) is 0 Å². The molecular weight excluding hydrogens is 112 g/mol. The van der Waals surface area contributed by atoms with Crippen molar-refractivity contribution in [2.24, 2.45) is 9.98 Å². The lowest BCUT2D eigenvalue weighted by molar-refractivity contribution is 0.950. The zero-order valence-corrected chi connectivity index (χ0v) is 5.80. The number of hydrogen-bond donors (Lipinski definition) is 0. The minimum atomic E-state index is 0.983. The third-order valence-corrected chi connectivity index (χ3v) is 1.28. The predicted molar refractivity (Wildman–Crippen MR) is 40.3 cm³/mol. The summed E-state index contributed by atoms with van der Waals surface area (Å²) in [6, 6.07) is 0. The van der Waals surface area contributed by atoms with Gasteiger partial charge in [-0.05, 0) is 12.8 Å². The molecule has 0 saturated heterocycles. The maximum absolute atomic E-state index is 4.19. The zero-order chi connectivity index (χ0) is 6.53. The lowest BCUT2D eigenvalue weighted by atomic mass is 10.3. The predicted octanol–water partition coefficient (Wildman–Crippen LogP) is 1.66. The van der Waals surface area contributed by atoms with Crippen molar-refractivity contribution in [2.45, 2.75) is 26.2 Å². The highest BCUT2D eigenvalue weighted by molar-refractivity contribution is 5.90. The van der Waals surface area contributed by atoms with Crippen molar-refractivity contribution in [3.8, 4) is 0 Å². The van der Waals surface area contributed by atoms with Crippen LogP contribution >= 0.6 is 0 Å².